The number of rotatable bonds is 4. The first-order valence-electron chi connectivity index (χ1n) is 4.12. The molecule has 0 aliphatic carbocycles. The van der Waals surface area contributed by atoms with Crippen LogP contribution < -0.4 is 15.6 Å². The summed E-state index contributed by atoms with van der Waals surface area (Å²) in [5.41, 5.74) is 4.38. The Morgan fingerprint density at radius 3 is 2.75 bits per heavy atom. The lowest BCUT2D eigenvalue weighted by molar-refractivity contribution is -0.385. The monoisotopic (exact) mass is 227 g/mol. The second-order valence-electron chi connectivity index (χ2n) is 2.70. The third-order valence-electron chi connectivity index (χ3n) is 1.69. The minimum atomic E-state index is -1.27. The number of nitro groups is 1. The summed E-state index contributed by atoms with van der Waals surface area (Å²) >= 11 is 0. The van der Waals surface area contributed by atoms with E-state index in [2.05, 4.69) is 5.43 Å². The Morgan fingerprint density at radius 1 is 1.56 bits per heavy atom. The van der Waals surface area contributed by atoms with Crippen molar-refractivity contribution in [3.63, 3.8) is 0 Å². The van der Waals surface area contributed by atoms with E-state index in [9.17, 15) is 14.9 Å². The maximum absolute atomic E-state index is 10.6. The van der Waals surface area contributed by atoms with Crippen molar-refractivity contribution in [3.05, 3.63) is 28.3 Å². The molecule has 1 aromatic rings. The average molecular weight is 227 g/mol. The molecule has 8 heteroatoms. The highest BCUT2D eigenvalue weighted by atomic mass is 16.6. The van der Waals surface area contributed by atoms with Crippen molar-refractivity contribution < 1.29 is 19.6 Å². The first kappa shape index (κ1) is 11.6. The zero-order valence-corrected chi connectivity index (χ0v) is 8.26. The summed E-state index contributed by atoms with van der Waals surface area (Å²) < 4.78 is 4.80. The van der Waals surface area contributed by atoms with Gasteiger partial charge in [-0.2, -0.15) is 0 Å². The molecule has 1 aromatic carbocycles. The molecule has 0 radical (unpaired) electrons. The van der Waals surface area contributed by atoms with E-state index in [1.807, 2.05) is 5.43 Å². The molecular formula is C8H9N3O5. The van der Waals surface area contributed by atoms with Gasteiger partial charge in [-0.1, -0.05) is 0 Å². The standard InChI is InChI=1S/C8H9N3O5/c1-16-7-4-5(9-10-8(12)13)2-3-6(7)11(14)15/h2-4,9-10H,1H3,(H,12,13). The first-order chi connectivity index (χ1) is 7.54. The van der Waals surface area contributed by atoms with Gasteiger partial charge >= 0.3 is 11.8 Å². The maximum atomic E-state index is 10.6. The van der Waals surface area contributed by atoms with Crippen LogP contribution in [-0.4, -0.2) is 23.2 Å². The maximum Gasteiger partial charge on any atom is 0.423 e. The molecule has 0 heterocycles. The number of nitrogens with zero attached hydrogens (tertiary/aromatic N) is 1. The number of nitro benzene ring substituents is 1. The molecule has 1 amide bonds. The van der Waals surface area contributed by atoms with Gasteiger partial charge in [-0.25, -0.2) is 10.2 Å². The number of nitrogens with one attached hydrogen (secondary N) is 2. The van der Waals surface area contributed by atoms with Gasteiger partial charge in [0, 0.05) is 12.1 Å². The largest absolute Gasteiger partial charge is 0.490 e. The predicted molar refractivity (Wildman–Crippen MR) is 54.4 cm³/mol. The van der Waals surface area contributed by atoms with Gasteiger partial charge in [0.15, 0.2) is 5.75 Å². The highest BCUT2D eigenvalue weighted by Gasteiger charge is 2.14. The molecule has 3 N–H and O–H groups in total. The zero-order chi connectivity index (χ0) is 12.1. The summed E-state index contributed by atoms with van der Waals surface area (Å²) in [6.07, 6.45) is -1.27. The Hall–Kier alpha value is -2.51. The lowest BCUT2D eigenvalue weighted by atomic mass is 10.2. The Morgan fingerprint density at radius 2 is 2.25 bits per heavy atom. The molecule has 0 spiro atoms. The number of amides is 1. The first-order valence-corrected chi connectivity index (χ1v) is 4.12. The number of anilines is 1. The van der Waals surface area contributed by atoms with E-state index in [1.165, 1.54) is 25.3 Å². The molecule has 16 heavy (non-hydrogen) atoms. The summed E-state index contributed by atoms with van der Waals surface area (Å²) in [6.45, 7) is 0. The van der Waals surface area contributed by atoms with E-state index in [0.717, 1.165) is 0 Å². The second-order valence-corrected chi connectivity index (χ2v) is 2.70. The number of hydrogen-bond donors (Lipinski definition) is 3. The third kappa shape index (κ3) is 2.74. The van der Waals surface area contributed by atoms with Crippen LogP contribution in [0.2, 0.25) is 0 Å². The quantitative estimate of drug-likeness (QED) is 0.526. The minimum Gasteiger partial charge on any atom is -0.490 e. The van der Waals surface area contributed by atoms with Crippen LogP contribution in [0.5, 0.6) is 5.75 Å². The van der Waals surface area contributed by atoms with Crippen LogP contribution in [0, 0.1) is 10.1 Å². The molecule has 0 unspecified atom stereocenters. The number of carboxylic acid groups (broad SMARTS) is 1. The smallest absolute Gasteiger partial charge is 0.423 e. The average Bonchev–Trinajstić information content (AvgIpc) is 2.25. The molecule has 0 atom stereocenters. The molecule has 1 rings (SSSR count). The number of ether oxygens (including phenoxy) is 1. The van der Waals surface area contributed by atoms with Crippen LogP contribution >= 0.6 is 0 Å². The molecular weight excluding hydrogens is 218 g/mol. The van der Waals surface area contributed by atoms with Gasteiger partial charge in [0.2, 0.25) is 0 Å². The van der Waals surface area contributed by atoms with Crippen molar-refractivity contribution >= 4 is 17.5 Å². The van der Waals surface area contributed by atoms with Gasteiger partial charge in [0.05, 0.1) is 17.7 Å². The third-order valence-corrected chi connectivity index (χ3v) is 1.69. The van der Waals surface area contributed by atoms with Gasteiger partial charge < -0.3 is 9.84 Å². The van der Waals surface area contributed by atoms with Gasteiger partial charge in [-0.15, -0.1) is 0 Å². The lowest BCUT2D eigenvalue weighted by Gasteiger charge is -2.07. The molecule has 8 nitrogen and oxygen atoms in total. The van der Waals surface area contributed by atoms with Gasteiger partial charge in [0.25, 0.3) is 0 Å². The Bertz CT molecular complexity index is 420. The summed E-state index contributed by atoms with van der Waals surface area (Å²) in [5, 5.41) is 18.9. The SMILES string of the molecule is COc1cc(NNC(=O)O)ccc1[N+](=O)[O-]. The number of hydrogen-bond acceptors (Lipinski definition) is 5. The number of methoxy groups -OCH3 is 1. The molecule has 86 valence electrons. The van der Waals surface area contributed by atoms with E-state index < -0.39 is 11.0 Å². The molecule has 0 aliphatic heterocycles. The fourth-order valence-corrected chi connectivity index (χ4v) is 1.03. The van der Waals surface area contributed by atoms with Gasteiger partial charge in [0.1, 0.15) is 0 Å². The van der Waals surface area contributed by atoms with Crippen molar-refractivity contribution in [1.29, 1.82) is 0 Å². The lowest BCUT2D eigenvalue weighted by Crippen LogP contribution is -2.27. The fourth-order valence-electron chi connectivity index (χ4n) is 1.03. The highest BCUT2D eigenvalue weighted by Crippen LogP contribution is 2.29. The molecule has 0 saturated heterocycles. The molecule has 0 bridgehead atoms. The summed E-state index contributed by atoms with van der Waals surface area (Å²) in [5.74, 6) is 0.0437. The molecule has 0 fully saturated rings. The second kappa shape index (κ2) is 4.82. The summed E-state index contributed by atoms with van der Waals surface area (Å²) in [7, 11) is 1.29. The van der Waals surface area contributed by atoms with E-state index in [0.29, 0.717) is 5.69 Å². The summed E-state index contributed by atoms with van der Waals surface area (Å²) in [6, 6.07) is 3.88. The van der Waals surface area contributed by atoms with Crippen molar-refractivity contribution in [2.45, 2.75) is 0 Å². The van der Waals surface area contributed by atoms with Gasteiger partial charge in [-0.3, -0.25) is 15.5 Å². The van der Waals surface area contributed by atoms with Crippen molar-refractivity contribution in [1.82, 2.24) is 5.43 Å². The number of hydrazine groups is 1. The normalized spacial score (nSPS) is 9.31. The van der Waals surface area contributed by atoms with Gasteiger partial charge in [-0.05, 0) is 6.07 Å². The number of carbonyl (C=O) groups is 1. The van der Waals surface area contributed by atoms with Crippen LogP contribution in [0.1, 0.15) is 0 Å². The van der Waals surface area contributed by atoms with Crippen LogP contribution in [0.3, 0.4) is 0 Å². The fraction of sp³-hybridized carbons (Fsp3) is 0.125. The zero-order valence-electron chi connectivity index (χ0n) is 8.26. The summed E-state index contributed by atoms with van der Waals surface area (Å²) in [4.78, 5) is 20.2. The Kier molecular flexibility index (Phi) is 3.49. The Labute approximate surface area is 90.0 Å². The van der Waals surface area contributed by atoms with Crippen molar-refractivity contribution in [2.24, 2.45) is 0 Å². The van der Waals surface area contributed by atoms with Crippen LogP contribution in [0.15, 0.2) is 18.2 Å². The van der Waals surface area contributed by atoms with E-state index in [4.69, 9.17) is 9.84 Å². The van der Waals surface area contributed by atoms with Crippen LogP contribution in [0.4, 0.5) is 16.2 Å². The van der Waals surface area contributed by atoms with Crippen molar-refractivity contribution in [2.75, 3.05) is 12.5 Å². The van der Waals surface area contributed by atoms with E-state index >= 15 is 0 Å². The molecule has 0 saturated carbocycles. The highest BCUT2D eigenvalue weighted by molar-refractivity contribution is 5.68. The number of benzene rings is 1. The van der Waals surface area contributed by atoms with Crippen molar-refractivity contribution in [3.8, 4) is 5.75 Å². The van der Waals surface area contributed by atoms with Crippen LogP contribution in [-0.2, 0) is 0 Å². The van der Waals surface area contributed by atoms with E-state index in [1.54, 1.807) is 0 Å². The van der Waals surface area contributed by atoms with Crippen LogP contribution in [0.25, 0.3) is 0 Å². The molecule has 0 aliphatic rings. The minimum absolute atomic E-state index is 0.0437. The Balaban J connectivity index is 2.90. The predicted octanol–water partition coefficient (Wildman–Crippen LogP) is 1.20. The molecule has 0 aromatic heterocycles. The van der Waals surface area contributed by atoms with E-state index in [-0.39, 0.29) is 11.4 Å². The topological polar surface area (TPSA) is 114 Å².